The van der Waals surface area contributed by atoms with E-state index in [4.69, 9.17) is 0 Å². The Balaban J connectivity index is 1.50. The number of nitrogens with zero attached hydrogens (tertiary/aromatic N) is 4. The minimum absolute atomic E-state index is 0.0567. The molecule has 0 spiro atoms. The van der Waals surface area contributed by atoms with E-state index in [1.165, 1.54) is 24.2 Å². The molecule has 0 radical (unpaired) electrons. The number of aromatic nitrogens is 3. The van der Waals surface area contributed by atoms with Crippen molar-refractivity contribution >= 4 is 35.0 Å². The van der Waals surface area contributed by atoms with Gasteiger partial charge in [0.25, 0.3) is 0 Å². The normalized spacial score (nSPS) is 15.5. The highest BCUT2D eigenvalue weighted by Crippen LogP contribution is 2.31. The molecule has 7 nitrogen and oxygen atoms in total. The molecule has 0 aliphatic carbocycles. The minimum Gasteiger partial charge on any atom is -0.326 e. The lowest BCUT2D eigenvalue weighted by atomic mass is 9.97. The molecule has 1 aliphatic heterocycles. The number of amides is 2. The third-order valence-corrected chi connectivity index (χ3v) is 6.01. The first-order valence-electron chi connectivity index (χ1n) is 9.84. The average Bonchev–Trinajstić information content (AvgIpc) is 3.20. The summed E-state index contributed by atoms with van der Waals surface area (Å²) in [5.74, 6) is 0.191. The number of hydrogen-bond acceptors (Lipinski definition) is 5. The zero-order valence-corrected chi connectivity index (χ0v) is 17.7. The molecule has 0 saturated heterocycles. The number of nitrogens with one attached hydrogen (secondary N) is 1. The zero-order chi connectivity index (χ0) is 21.1. The molecule has 0 fully saturated rings. The summed E-state index contributed by atoms with van der Waals surface area (Å²) in [6.45, 7) is 3.56. The number of rotatable bonds is 5. The Bertz CT molecular complexity index is 1080. The van der Waals surface area contributed by atoms with Crippen LogP contribution in [0.25, 0.3) is 5.69 Å². The van der Waals surface area contributed by atoms with Crippen LogP contribution in [0.2, 0.25) is 0 Å². The zero-order valence-electron chi connectivity index (χ0n) is 16.9. The summed E-state index contributed by atoms with van der Waals surface area (Å²) in [5, 5.41) is 11.6. The lowest BCUT2D eigenvalue weighted by Gasteiger charge is -2.35. The van der Waals surface area contributed by atoms with Crippen molar-refractivity contribution < 1.29 is 9.59 Å². The Labute approximate surface area is 179 Å². The van der Waals surface area contributed by atoms with Crippen molar-refractivity contribution in [3.8, 4) is 5.69 Å². The van der Waals surface area contributed by atoms with Crippen LogP contribution in [0.15, 0.2) is 60.0 Å². The Morgan fingerprint density at radius 2 is 2.03 bits per heavy atom. The molecule has 1 aliphatic rings. The summed E-state index contributed by atoms with van der Waals surface area (Å²) in [6, 6.07) is 15.7. The van der Waals surface area contributed by atoms with Gasteiger partial charge in [0.05, 0.1) is 11.4 Å². The molecule has 1 atom stereocenters. The summed E-state index contributed by atoms with van der Waals surface area (Å²) >= 11 is 1.36. The lowest BCUT2D eigenvalue weighted by Crippen LogP contribution is -2.43. The Kier molecular flexibility index (Phi) is 5.85. The second kappa shape index (κ2) is 8.71. The van der Waals surface area contributed by atoms with E-state index in [2.05, 4.69) is 28.5 Å². The largest absolute Gasteiger partial charge is 0.326 e. The van der Waals surface area contributed by atoms with Crippen molar-refractivity contribution in [3.63, 3.8) is 0 Å². The number of para-hydroxylation sites is 1. The monoisotopic (exact) mass is 421 g/mol. The molecule has 3 aromatic rings. The van der Waals surface area contributed by atoms with Crippen LogP contribution in [-0.4, -0.2) is 38.4 Å². The van der Waals surface area contributed by atoms with E-state index in [0.29, 0.717) is 10.8 Å². The minimum atomic E-state index is -0.132. The van der Waals surface area contributed by atoms with Crippen LogP contribution in [0.1, 0.15) is 25.8 Å². The predicted octanol–water partition coefficient (Wildman–Crippen LogP) is 3.69. The predicted molar refractivity (Wildman–Crippen MR) is 118 cm³/mol. The second-order valence-electron chi connectivity index (χ2n) is 7.28. The molecule has 8 heteroatoms. The van der Waals surface area contributed by atoms with E-state index in [-0.39, 0.29) is 23.6 Å². The van der Waals surface area contributed by atoms with E-state index >= 15 is 0 Å². The highest BCUT2D eigenvalue weighted by molar-refractivity contribution is 7.99. The first kappa shape index (κ1) is 20.2. The number of aryl methyl sites for hydroxylation is 1. The van der Waals surface area contributed by atoms with Gasteiger partial charge in [0.2, 0.25) is 11.8 Å². The highest BCUT2D eigenvalue weighted by atomic mass is 32.2. The van der Waals surface area contributed by atoms with Crippen LogP contribution in [0, 0.1) is 0 Å². The molecule has 2 amide bonds. The lowest BCUT2D eigenvalue weighted by molar-refractivity contribution is -0.116. The molecular weight excluding hydrogens is 398 g/mol. The van der Waals surface area contributed by atoms with Gasteiger partial charge in [-0.25, -0.2) is 0 Å². The van der Waals surface area contributed by atoms with Crippen molar-refractivity contribution in [1.82, 2.24) is 14.8 Å². The first-order chi connectivity index (χ1) is 14.5. The highest BCUT2D eigenvalue weighted by Gasteiger charge is 2.28. The number of benzene rings is 2. The van der Waals surface area contributed by atoms with E-state index < -0.39 is 0 Å². The quantitative estimate of drug-likeness (QED) is 0.636. The molecule has 4 rings (SSSR count). The van der Waals surface area contributed by atoms with Crippen LogP contribution < -0.4 is 10.2 Å². The molecule has 1 aromatic heterocycles. The second-order valence-corrected chi connectivity index (χ2v) is 8.23. The van der Waals surface area contributed by atoms with Gasteiger partial charge in [-0.2, -0.15) is 0 Å². The van der Waals surface area contributed by atoms with Crippen molar-refractivity contribution in [3.05, 3.63) is 60.4 Å². The molecule has 2 aromatic carbocycles. The molecule has 0 saturated carbocycles. The van der Waals surface area contributed by atoms with Gasteiger partial charge in [-0.3, -0.25) is 14.2 Å². The van der Waals surface area contributed by atoms with Crippen molar-refractivity contribution in [2.45, 2.75) is 37.9 Å². The van der Waals surface area contributed by atoms with Gasteiger partial charge in [0.15, 0.2) is 5.16 Å². The smallest absolute Gasteiger partial charge is 0.237 e. The Morgan fingerprint density at radius 1 is 1.20 bits per heavy atom. The van der Waals surface area contributed by atoms with Gasteiger partial charge in [-0.05, 0) is 49.6 Å². The van der Waals surface area contributed by atoms with Gasteiger partial charge in [-0.15, -0.1) is 10.2 Å². The van der Waals surface area contributed by atoms with E-state index in [0.717, 1.165) is 24.2 Å². The molecule has 30 heavy (non-hydrogen) atoms. The van der Waals surface area contributed by atoms with E-state index in [9.17, 15) is 9.59 Å². The van der Waals surface area contributed by atoms with Crippen LogP contribution >= 0.6 is 11.8 Å². The number of carbonyl (C=O) groups excluding carboxylic acids is 2. The maximum atomic E-state index is 13.1. The van der Waals surface area contributed by atoms with Crippen molar-refractivity contribution in [1.29, 1.82) is 0 Å². The molecule has 1 N–H and O–H groups in total. The van der Waals surface area contributed by atoms with Gasteiger partial charge >= 0.3 is 0 Å². The number of hydrogen-bond donors (Lipinski definition) is 1. The van der Waals surface area contributed by atoms with Gasteiger partial charge in [0, 0.05) is 24.3 Å². The van der Waals surface area contributed by atoms with Crippen LogP contribution in [0.4, 0.5) is 11.4 Å². The summed E-state index contributed by atoms with van der Waals surface area (Å²) in [5.41, 5.74) is 3.73. The molecule has 2 heterocycles. The number of carbonyl (C=O) groups is 2. The third-order valence-electron chi connectivity index (χ3n) is 5.08. The fraction of sp³-hybridized carbons (Fsp3) is 0.273. The number of fused-ring (bicyclic) bond motifs is 1. The van der Waals surface area contributed by atoms with Gasteiger partial charge in [0.1, 0.15) is 6.33 Å². The van der Waals surface area contributed by atoms with Crippen LogP contribution in [0.3, 0.4) is 0 Å². The molecule has 1 unspecified atom stereocenters. The SMILES string of the molecule is CC(=O)Nc1cccc(-n2cnnc2SCC(=O)N2c3ccccc3CCC2C)c1. The topological polar surface area (TPSA) is 80.1 Å². The fourth-order valence-electron chi connectivity index (χ4n) is 3.70. The maximum Gasteiger partial charge on any atom is 0.237 e. The summed E-state index contributed by atoms with van der Waals surface area (Å²) < 4.78 is 1.82. The Morgan fingerprint density at radius 3 is 2.87 bits per heavy atom. The summed E-state index contributed by atoms with van der Waals surface area (Å²) in [6.07, 6.45) is 3.56. The standard InChI is InChI=1S/C22H23N5O2S/c1-15-10-11-17-6-3-4-9-20(17)27(15)21(29)13-30-22-25-23-14-26(22)19-8-5-7-18(12-19)24-16(2)28/h3-9,12,14-15H,10-11,13H2,1-2H3,(H,24,28). The first-order valence-corrected chi connectivity index (χ1v) is 10.8. The number of thioether (sulfide) groups is 1. The Hall–Kier alpha value is -3.13. The van der Waals surface area contributed by atoms with E-state index in [1.54, 1.807) is 6.33 Å². The van der Waals surface area contributed by atoms with Crippen molar-refractivity contribution in [2.24, 2.45) is 0 Å². The van der Waals surface area contributed by atoms with Crippen LogP contribution in [-0.2, 0) is 16.0 Å². The molecule has 154 valence electrons. The van der Waals surface area contributed by atoms with E-state index in [1.807, 2.05) is 51.9 Å². The van der Waals surface area contributed by atoms with Gasteiger partial charge in [-0.1, -0.05) is 36.0 Å². The fourth-order valence-corrected chi connectivity index (χ4v) is 4.49. The third kappa shape index (κ3) is 4.23. The summed E-state index contributed by atoms with van der Waals surface area (Å²) in [4.78, 5) is 26.3. The maximum absolute atomic E-state index is 13.1. The van der Waals surface area contributed by atoms with Gasteiger partial charge < -0.3 is 10.2 Å². The average molecular weight is 422 g/mol. The molecule has 0 bridgehead atoms. The molecular formula is C22H23N5O2S. The summed E-state index contributed by atoms with van der Waals surface area (Å²) in [7, 11) is 0. The van der Waals surface area contributed by atoms with Crippen LogP contribution in [0.5, 0.6) is 0 Å². The van der Waals surface area contributed by atoms with Crippen molar-refractivity contribution in [2.75, 3.05) is 16.0 Å². The number of anilines is 2.